The molecule has 2 aromatic rings. The first-order chi connectivity index (χ1) is 11.5. The Morgan fingerprint density at radius 2 is 1.67 bits per heavy atom. The summed E-state index contributed by atoms with van der Waals surface area (Å²) in [5, 5.41) is 2.77. The molecule has 0 saturated heterocycles. The second-order valence-electron chi connectivity index (χ2n) is 6.04. The quantitative estimate of drug-likeness (QED) is 0.825. The lowest BCUT2D eigenvalue weighted by atomic mass is 10.0. The second kappa shape index (κ2) is 6.65. The topological polar surface area (TPSA) is 55.1 Å². The molecule has 24 heavy (non-hydrogen) atoms. The zero-order valence-electron chi connectivity index (χ0n) is 12.9. The number of amides is 1. The molecule has 0 heterocycles. The van der Waals surface area contributed by atoms with E-state index < -0.39 is 17.5 Å². The van der Waals surface area contributed by atoms with Crippen molar-refractivity contribution in [2.24, 2.45) is 11.7 Å². The molecule has 1 amide bonds. The summed E-state index contributed by atoms with van der Waals surface area (Å²) in [5.41, 5.74) is 7.04. The smallest absolute Gasteiger partial charge is 0.251 e. The normalized spacial score (nSPS) is 15.2. The van der Waals surface area contributed by atoms with E-state index in [0.29, 0.717) is 23.6 Å². The maximum Gasteiger partial charge on any atom is 0.251 e. The summed E-state index contributed by atoms with van der Waals surface area (Å²) >= 11 is 0. The molecule has 1 aliphatic carbocycles. The summed E-state index contributed by atoms with van der Waals surface area (Å²) < 4.78 is 39.6. The highest BCUT2D eigenvalue weighted by atomic mass is 19.2. The van der Waals surface area contributed by atoms with Gasteiger partial charge in [-0.25, -0.2) is 13.2 Å². The van der Waals surface area contributed by atoms with Crippen LogP contribution in [0.5, 0.6) is 0 Å². The molecule has 0 aliphatic heterocycles. The monoisotopic (exact) mass is 334 g/mol. The molecule has 0 spiro atoms. The van der Waals surface area contributed by atoms with Crippen molar-refractivity contribution in [3.8, 4) is 11.1 Å². The van der Waals surface area contributed by atoms with Crippen LogP contribution in [-0.2, 0) is 0 Å². The molecule has 0 aromatic heterocycles. The van der Waals surface area contributed by atoms with Gasteiger partial charge >= 0.3 is 0 Å². The third-order valence-electron chi connectivity index (χ3n) is 4.19. The summed E-state index contributed by atoms with van der Waals surface area (Å²) in [5.74, 6) is -3.76. The molecular formula is C18H17F3N2O. The molecule has 2 aromatic carbocycles. The molecule has 0 radical (unpaired) electrons. The van der Waals surface area contributed by atoms with E-state index >= 15 is 0 Å². The van der Waals surface area contributed by atoms with E-state index in [2.05, 4.69) is 5.32 Å². The summed E-state index contributed by atoms with van der Waals surface area (Å²) in [4.78, 5) is 12.1. The first-order valence-electron chi connectivity index (χ1n) is 7.74. The molecule has 1 unspecified atom stereocenters. The number of halogens is 3. The van der Waals surface area contributed by atoms with Crippen LogP contribution >= 0.6 is 0 Å². The zero-order chi connectivity index (χ0) is 17.3. The number of carbonyl (C=O) groups excluding carboxylic acids is 1. The third-order valence-corrected chi connectivity index (χ3v) is 4.19. The van der Waals surface area contributed by atoms with Gasteiger partial charge in [0.2, 0.25) is 0 Å². The van der Waals surface area contributed by atoms with E-state index in [4.69, 9.17) is 5.73 Å². The van der Waals surface area contributed by atoms with Crippen molar-refractivity contribution in [3.63, 3.8) is 0 Å². The van der Waals surface area contributed by atoms with Crippen molar-refractivity contribution in [1.29, 1.82) is 0 Å². The molecular weight excluding hydrogens is 317 g/mol. The average molecular weight is 334 g/mol. The predicted molar refractivity (Wildman–Crippen MR) is 84.8 cm³/mol. The van der Waals surface area contributed by atoms with Gasteiger partial charge in [0.25, 0.3) is 5.91 Å². The highest BCUT2D eigenvalue weighted by Crippen LogP contribution is 2.31. The van der Waals surface area contributed by atoms with Gasteiger partial charge in [-0.3, -0.25) is 4.79 Å². The van der Waals surface area contributed by atoms with E-state index in [9.17, 15) is 18.0 Å². The number of nitrogens with one attached hydrogen (secondary N) is 1. The minimum absolute atomic E-state index is 0.0293. The van der Waals surface area contributed by atoms with Gasteiger partial charge in [-0.1, -0.05) is 12.1 Å². The Morgan fingerprint density at radius 1 is 1.08 bits per heavy atom. The van der Waals surface area contributed by atoms with Crippen molar-refractivity contribution >= 4 is 5.91 Å². The fraction of sp³-hybridized carbons (Fsp3) is 0.278. The summed E-state index contributed by atoms with van der Waals surface area (Å²) in [6.45, 7) is 0.416. The number of hydrogen-bond acceptors (Lipinski definition) is 2. The number of rotatable bonds is 5. The van der Waals surface area contributed by atoms with Crippen LogP contribution in [0, 0.1) is 23.4 Å². The van der Waals surface area contributed by atoms with Gasteiger partial charge in [0.05, 0.1) is 0 Å². The van der Waals surface area contributed by atoms with Crippen LogP contribution in [-0.4, -0.2) is 18.5 Å². The minimum atomic E-state index is -1.50. The van der Waals surface area contributed by atoms with Crippen LogP contribution in [0.1, 0.15) is 23.2 Å². The van der Waals surface area contributed by atoms with Crippen molar-refractivity contribution in [2.75, 3.05) is 6.54 Å². The molecule has 0 bridgehead atoms. The van der Waals surface area contributed by atoms with Gasteiger partial charge in [-0.15, -0.1) is 0 Å². The van der Waals surface area contributed by atoms with E-state index in [1.54, 1.807) is 24.3 Å². The lowest BCUT2D eigenvalue weighted by Gasteiger charge is -2.12. The Bertz CT molecular complexity index is 734. The highest BCUT2D eigenvalue weighted by Gasteiger charge is 2.28. The van der Waals surface area contributed by atoms with Gasteiger partial charge in [0.15, 0.2) is 17.5 Å². The first kappa shape index (κ1) is 16.5. The standard InChI is InChI=1S/C18H17F3N2O/c19-14-7-13(8-15(20)17(14)21)10-1-5-12(6-2-10)18(24)23-9-16(22)11-3-4-11/h1-2,5-8,11,16H,3-4,9,22H2,(H,23,24). The second-order valence-corrected chi connectivity index (χ2v) is 6.04. The molecule has 1 saturated carbocycles. The summed E-state index contributed by atoms with van der Waals surface area (Å²) in [6, 6.07) is 8.02. The molecule has 1 atom stereocenters. The van der Waals surface area contributed by atoms with Gasteiger partial charge < -0.3 is 11.1 Å². The fourth-order valence-electron chi connectivity index (χ4n) is 2.54. The Hall–Kier alpha value is -2.34. The largest absolute Gasteiger partial charge is 0.350 e. The van der Waals surface area contributed by atoms with Crippen LogP contribution in [0.4, 0.5) is 13.2 Å². The van der Waals surface area contributed by atoms with Crippen LogP contribution in [0.25, 0.3) is 11.1 Å². The number of hydrogen-bond donors (Lipinski definition) is 2. The summed E-state index contributed by atoms with van der Waals surface area (Å²) in [7, 11) is 0. The molecule has 126 valence electrons. The lowest BCUT2D eigenvalue weighted by molar-refractivity contribution is 0.0950. The van der Waals surface area contributed by atoms with E-state index in [-0.39, 0.29) is 17.5 Å². The Morgan fingerprint density at radius 3 is 2.21 bits per heavy atom. The maximum absolute atomic E-state index is 13.3. The fourth-order valence-corrected chi connectivity index (χ4v) is 2.54. The van der Waals surface area contributed by atoms with E-state index in [1.165, 1.54) is 0 Å². The molecule has 1 fully saturated rings. The Labute approximate surface area is 137 Å². The predicted octanol–water partition coefficient (Wildman–Crippen LogP) is 3.24. The number of carbonyl (C=O) groups is 1. The molecule has 3 rings (SSSR count). The van der Waals surface area contributed by atoms with Crippen molar-refractivity contribution < 1.29 is 18.0 Å². The van der Waals surface area contributed by atoms with Crippen LogP contribution in [0.2, 0.25) is 0 Å². The van der Waals surface area contributed by atoms with Gasteiger partial charge in [0, 0.05) is 18.2 Å². The Balaban J connectivity index is 1.69. The van der Waals surface area contributed by atoms with Crippen LogP contribution in [0.15, 0.2) is 36.4 Å². The summed E-state index contributed by atoms with van der Waals surface area (Å²) in [6.07, 6.45) is 2.22. The molecule has 6 heteroatoms. The Kier molecular flexibility index (Phi) is 4.57. The third kappa shape index (κ3) is 3.59. The van der Waals surface area contributed by atoms with E-state index in [1.807, 2.05) is 0 Å². The number of benzene rings is 2. The van der Waals surface area contributed by atoms with Crippen molar-refractivity contribution in [2.45, 2.75) is 18.9 Å². The van der Waals surface area contributed by atoms with Gasteiger partial charge in [-0.2, -0.15) is 0 Å². The first-order valence-corrected chi connectivity index (χ1v) is 7.74. The van der Waals surface area contributed by atoms with Crippen LogP contribution in [0.3, 0.4) is 0 Å². The number of nitrogens with two attached hydrogens (primary N) is 1. The van der Waals surface area contributed by atoms with Gasteiger partial charge in [-0.05, 0) is 54.2 Å². The molecule has 1 aliphatic rings. The zero-order valence-corrected chi connectivity index (χ0v) is 12.9. The molecule has 3 nitrogen and oxygen atoms in total. The maximum atomic E-state index is 13.3. The van der Waals surface area contributed by atoms with Crippen molar-refractivity contribution in [3.05, 3.63) is 59.4 Å². The van der Waals surface area contributed by atoms with Gasteiger partial charge in [0.1, 0.15) is 0 Å². The molecule has 3 N–H and O–H groups in total. The highest BCUT2D eigenvalue weighted by molar-refractivity contribution is 5.94. The SMILES string of the molecule is NC(CNC(=O)c1ccc(-c2cc(F)c(F)c(F)c2)cc1)C1CC1. The van der Waals surface area contributed by atoms with E-state index in [0.717, 1.165) is 25.0 Å². The average Bonchev–Trinajstić information content (AvgIpc) is 3.42. The minimum Gasteiger partial charge on any atom is -0.350 e. The lowest BCUT2D eigenvalue weighted by Crippen LogP contribution is -2.38. The van der Waals surface area contributed by atoms with Crippen LogP contribution < -0.4 is 11.1 Å². The van der Waals surface area contributed by atoms with Crippen molar-refractivity contribution in [1.82, 2.24) is 5.32 Å².